The van der Waals surface area contributed by atoms with E-state index < -0.39 is 17.8 Å². The van der Waals surface area contributed by atoms with Gasteiger partial charge in [-0.3, -0.25) is 10.1 Å². The van der Waals surface area contributed by atoms with Crippen molar-refractivity contribution < 1.29 is 13.9 Å². The van der Waals surface area contributed by atoms with Crippen LogP contribution in [0.4, 0.5) is 4.39 Å². The van der Waals surface area contributed by atoms with Gasteiger partial charge in [0.2, 0.25) is 5.91 Å². The Hall–Kier alpha value is -0.980. The first-order valence-electron chi connectivity index (χ1n) is 6.17. The summed E-state index contributed by atoms with van der Waals surface area (Å²) in [5.74, 6) is -1.05. The fraction of sp³-hybridized carbons (Fsp3) is 0.462. The molecule has 0 spiro atoms. The SMILES string of the molecule is NC(=O)C(NCC1CCCO1)c1cc(Br)ccc1F. The highest BCUT2D eigenvalue weighted by molar-refractivity contribution is 9.10. The summed E-state index contributed by atoms with van der Waals surface area (Å²) in [4.78, 5) is 11.5. The summed E-state index contributed by atoms with van der Waals surface area (Å²) in [6.07, 6.45) is 2.02. The quantitative estimate of drug-likeness (QED) is 0.866. The van der Waals surface area contributed by atoms with E-state index in [9.17, 15) is 9.18 Å². The molecule has 1 aromatic rings. The third-order valence-corrected chi connectivity index (χ3v) is 3.62. The van der Waals surface area contributed by atoms with E-state index in [1.165, 1.54) is 6.07 Å². The summed E-state index contributed by atoms with van der Waals surface area (Å²) in [5, 5.41) is 2.99. The van der Waals surface area contributed by atoms with E-state index in [1.54, 1.807) is 12.1 Å². The van der Waals surface area contributed by atoms with E-state index in [-0.39, 0.29) is 11.7 Å². The van der Waals surface area contributed by atoms with E-state index in [0.29, 0.717) is 11.0 Å². The number of hydrogen-bond donors (Lipinski definition) is 2. The molecule has 1 aliphatic rings. The smallest absolute Gasteiger partial charge is 0.239 e. The van der Waals surface area contributed by atoms with E-state index in [1.807, 2.05) is 0 Å². The van der Waals surface area contributed by atoms with Crippen molar-refractivity contribution in [3.63, 3.8) is 0 Å². The van der Waals surface area contributed by atoms with Gasteiger partial charge in [0.25, 0.3) is 0 Å². The van der Waals surface area contributed by atoms with Crippen LogP contribution in [0.15, 0.2) is 22.7 Å². The average molecular weight is 331 g/mol. The number of nitrogens with two attached hydrogens (primary N) is 1. The van der Waals surface area contributed by atoms with Gasteiger partial charge in [0.05, 0.1) is 6.10 Å². The molecule has 1 fully saturated rings. The number of rotatable bonds is 5. The van der Waals surface area contributed by atoms with Crippen LogP contribution in [0.25, 0.3) is 0 Å². The second-order valence-electron chi connectivity index (χ2n) is 4.54. The summed E-state index contributed by atoms with van der Waals surface area (Å²) >= 11 is 3.26. The summed E-state index contributed by atoms with van der Waals surface area (Å²) < 4.78 is 19.9. The van der Waals surface area contributed by atoms with Crippen molar-refractivity contribution in [2.45, 2.75) is 25.0 Å². The predicted octanol–water partition coefficient (Wildman–Crippen LogP) is 1.88. The predicted molar refractivity (Wildman–Crippen MR) is 73.0 cm³/mol. The summed E-state index contributed by atoms with van der Waals surface area (Å²) in [6.45, 7) is 1.22. The fourth-order valence-electron chi connectivity index (χ4n) is 2.15. The molecule has 2 unspecified atom stereocenters. The number of benzene rings is 1. The number of primary amides is 1. The molecular weight excluding hydrogens is 315 g/mol. The van der Waals surface area contributed by atoms with Crippen LogP contribution in [-0.2, 0) is 9.53 Å². The molecule has 3 N–H and O–H groups in total. The molecule has 0 saturated carbocycles. The summed E-state index contributed by atoms with van der Waals surface area (Å²) in [7, 11) is 0. The Morgan fingerprint density at radius 2 is 2.42 bits per heavy atom. The summed E-state index contributed by atoms with van der Waals surface area (Å²) in [6, 6.07) is 3.61. The van der Waals surface area contributed by atoms with Gasteiger partial charge in [-0.1, -0.05) is 15.9 Å². The monoisotopic (exact) mass is 330 g/mol. The van der Waals surface area contributed by atoms with Crippen LogP contribution in [0.5, 0.6) is 0 Å². The summed E-state index contributed by atoms with van der Waals surface area (Å²) in [5.41, 5.74) is 5.60. The molecular formula is C13H16BrFN2O2. The van der Waals surface area contributed by atoms with Gasteiger partial charge in [-0.25, -0.2) is 4.39 Å². The number of hydrogen-bond acceptors (Lipinski definition) is 3. The Morgan fingerprint density at radius 3 is 3.05 bits per heavy atom. The molecule has 1 aromatic carbocycles. The number of carbonyl (C=O) groups excluding carboxylic acids is 1. The van der Waals surface area contributed by atoms with Gasteiger partial charge in [-0.05, 0) is 31.0 Å². The minimum absolute atomic E-state index is 0.0667. The maximum absolute atomic E-state index is 13.8. The lowest BCUT2D eigenvalue weighted by molar-refractivity contribution is -0.120. The van der Waals surface area contributed by atoms with Gasteiger partial charge >= 0.3 is 0 Å². The first-order chi connectivity index (χ1) is 9.08. The Bertz CT molecular complexity index is 464. The van der Waals surface area contributed by atoms with Crippen LogP contribution >= 0.6 is 15.9 Å². The standard InChI is InChI=1S/C13H16BrFN2O2/c14-8-3-4-11(15)10(6-8)12(13(16)18)17-7-9-2-1-5-19-9/h3-4,6,9,12,17H,1-2,5,7H2,(H2,16,18). The Morgan fingerprint density at radius 1 is 1.63 bits per heavy atom. The van der Waals surface area contributed by atoms with Crippen LogP contribution in [0.3, 0.4) is 0 Å². The molecule has 104 valence electrons. The number of amides is 1. The molecule has 1 heterocycles. The average Bonchev–Trinajstić information content (AvgIpc) is 2.86. The molecule has 2 atom stereocenters. The Kier molecular flexibility index (Phi) is 4.90. The second kappa shape index (κ2) is 6.45. The van der Waals surface area contributed by atoms with E-state index in [4.69, 9.17) is 10.5 Å². The molecule has 0 aromatic heterocycles. The molecule has 0 bridgehead atoms. The van der Waals surface area contributed by atoms with Crippen LogP contribution < -0.4 is 11.1 Å². The van der Waals surface area contributed by atoms with Crippen molar-refractivity contribution in [1.29, 1.82) is 0 Å². The lowest BCUT2D eigenvalue weighted by Gasteiger charge is -2.19. The number of nitrogens with one attached hydrogen (secondary N) is 1. The van der Waals surface area contributed by atoms with Crippen molar-refractivity contribution in [2.24, 2.45) is 5.73 Å². The normalized spacial score (nSPS) is 20.4. The maximum Gasteiger partial charge on any atom is 0.239 e. The van der Waals surface area contributed by atoms with Crippen molar-refractivity contribution in [3.05, 3.63) is 34.1 Å². The second-order valence-corrected chi connectivity index (χ2v) is 5.46. The van der Waals surface area contributed by atoms with Gasteiger partial charge in [-0.15, -0.1) is 0 Å². The van der Waals surface area contributed by atoms with Crippen molar-refractivity contribution in [1.82, 2.24) is 5.32 Å². The zero-order chi connectivity index (χ0) is 13.8. The fourth-order valence-corrected chi connectivity index (χ4v) is 2.53. The van der Waals surface area contributed by atoms with Gasteiger partial charge in [0.15, 0.2) is 0 Å². The largest absolute Gasteiger partial charge is 0.377 e. The molecule has 19 heavy (non-hydrogen) atoms. The number of ether oxygens (including phenoxy) is 1. The minimum Gasteiger partial charge on any atom is -0.377 e. The van der Waals surface area contributed by atoms with Crippen LogP contribution in [0, 0.1) is 5.82 Å². The van der Waals surface area contributed by atoms with Crippen molar-refractivity contribution in [3.8, 4) is 0 Å². The third-order valence-electron chi connectivity index (χ3n) is 3.13. The highest BCUT2D eigenvalue weighted by Crippen LogP contribution is 2.22. The molecule has 1 saturated heterocycles. The van der Waals surface area contributed by atoms with E-state index in [2.05, 4.69) is 21.2 Å². The van der Waals surface area contributed by atoms with E-state index in [0.717, 1.165) is 19.4 Å². The molecule has 1 amide bonds. The first kappa shape index (κ1) is 14.4. The van der Waals surface area contributed by atoms with Gasteiger partial charge < -0.3 is 10.5 Å². The molecule has 4 nitrogen and oxygen atoms in total. The van der Waals surface area contributed by atoms with Crippen LogP contribution in [0.2, 0.25) is 0 Å². The number of halogens is 2. The third kappa shape index (κ3) is 3.75. The highest BCUT2D eigenvalue weighted by atomic mass is 79.9. The Balaban J connectivity index is 2.10. The topological polar surface area (TPSA) is 64.4 Å². The molecule has 2 rings (SSSR count). The highest BCUT2D eigenvalue weighted by Gasteiger charge is 2.24. The van der Waals surface area contributed by atoms with Crippen LogP contribution in [-0.4, -0.2) is 25.2 Å². The Labute approximate surface area is 119 Å². The molecule has 0 radical (unpaired) electrons. The minimum atomic E-state index is -0.846. The molecule has 6 heteroatoms. The van der Waals surface area contributed by atoms with E-state index >= 15 is 0 Å². The molecule has 0 aliphatic carbocycles. The van der Waals surface area contributed by atoms with Gasteiger partial charge in [0, 0.05) is 23.2 Å². The lowest BCUT2D eigenvalue weighted by Crippen LogP contribution is -2.38. The van der Waals surface area contributed by atoms with Gasteiger partial charge in [0.1, 0.15) is 11.9 Å². The van der Waals surface area contributed by atoms with Gasteiger partial charge in [-0.2, -0.15) is 0 Å². The lowest BCUT2D eigenvalue weighted by atomic mass is 10.1. The maximum atomic E-state index is 13.8. The zero-order valence-electron chi connectivity index (χ0n) is 10.4. The van der Waals surface area contributed by atoms with Crippen LogP contribution in [0.1, 0.15) is 24.4 Å². The van der Waals surface area contributed by atoms with Crippen molar-refractivity contribution >= 4 is 21.8 Å². The molecule has 1 aliphatic heterocycles. The number of carbonyl (C=O) groups is 1. The van der Waals surface area contributed by atoms with Crippen molar-refractivity contribution in [2.75, 3.05) is 13.2 Å². The zero-order valence-corrected chi connectivity index (χ0v) is 12.0. The first-order valence-corrected chi connectivity index (χ1v) is 6.96.